The van der Waals surface area contributed by atoms with Gasteiger partial charge in [-0.15, -0.1) is 0 Å². The highest BCUT2D eigenvalue weighted by molar-refractivity contribution is 7.92. The van der Waals surface area contributed by atoms with Crippen molar-refractivity contribution in [3.8, 4) is 0 Å². The van der Waals surface area contributed by atoms with E-state index in [0.717, 1.165) is 34.8 Å². The maximum Gasteiger partial charge on any atom is 0.241 e. The molecule has 31 heavy (non-hydrogen) atoms. The third-order valence-electron chi connectivity index (χ3n) is 5.78. The van der Waals surface area contributed by atoms with Crippen LogP contribution in [0.25, 0.3) is 0 Å². The first-order chi connectivity index (χ1) is 14.6. The van der Waals surface area contributed by atoms with Gasteiger partial charge in [0.15, 0.2) is 0 Å². The van der Waals surface area contributed by atoms with E-state index in [0.29, 0.717) is 11.6 Å². The topological polar surface area (TPSA) is 69.7 Å². The van der Waals surface area contributed by atoms with E-state index in [4.69, 9.17) is 0 Å². The van der Waals surface area contributed by atoms with Crippen LogP contribution in [-0.2, 0) is 14.8 Å². The Labute approximate surface area is 186 Å². The van der Waals surface area contributed by atoms with Crippen molar-refractivity contribution >= 4 is 27.3 Å². The lowest BCUT2D eigenvalue weighted by atomic mass is 10.0. The first kappa shape index (κ1) is 23.1. The van der Waals surface area contributed by atoms with Crippen LogP contribution in [0.15, 0.2) is 48.5 Å². The van der Waals surface area contributed by atoms with E-state index in [1.165, 1.54) is 18.5 Å². The largest absolute Gasteiger partial charge is 0.372 e. The third-order valence-corrected chi connectivity index (χ3v) is 6.92. The fourth-order valence-electron chi connectivity index (χ4n) is 3.88. The summed E-state index contributed by atoms with van der Waals surface area (Å²) in [5, 5.41) is 2.93. The maximum absolute atomic E-state index is 12.7. The lowest BCUT2D eigenvalue weighted by molar-refractivity contribution is -0.120. The number of nitrogens with zero attached hydrogens (tertiary/aromatic N) is 2. The summed E-state index contributed by atoms with van der Waals surface area (Å²) in [4.78, 5) is 15.0. The summed E-state index contributed by atoms with van der Waals surface area (Å²) in [7, 11) is -3.59. The molecule has 1 amide bonds. The molecule has 2 aromatic carbocycles. The van der Waals surface area contributed by atoms with Crippen LogP contribution in [0.3, 0.4) is 0 Å². The molecule has 1 heterocycles. The highest BCUT2D eigenvalue weighted by atomic mass is 32.2. The van der Waals surface area contributed by atoms with Gasteiger partial charge in [0, 0.05) is 18.8 Å². The molecule has 1 atom stereocenters. The molecule has 1 unspecified atom stereocenters. The zero-order valence-corrected chi connectivity index (χ0v) is 19.7. The van der Waals surface area contributed by atoms with Gasteiger partial charge in [-0.25, -0.2) is 8.42 Å². The van der Waals surface area contributed by atoms with Crippen LogP contribution >= 0.6 is 0 Å². The molecule has 6 nitrogen and oxygen atoms in total. The van der Waals surface area contributed by atoms with Gasteiger partial charge >= 0.3 is 0 Å². The molecule has 0 aromatic heterocycles. The van der Waals surface area contributed by atoms with Crippen LogP contribution in [-0.4, -0.2) is 40.2 Å². The molecule has 3 rings (SSSR count). The van der Waals surface area contributed by atoms with Crippen molar-refractivity contribution in [1.82, 2.24) is 5.32 Å². The van der Waals surface area contributed by atoms with Crippen LogP contribution in [0, 0.1) is 0 Å². The number of amides is 1. The van der Waals surface area contributed by atoms with Crippen molar-refractivity contribution in [3.05, 3.63) is 59.7 Å². The standard InChI is InChI=1S/C24H33N3O3S/c1-18(2)20-7-13-23(14-8-20)27(31(4,29)30)17-24(28)25-19(3)21-9-11-22(12-10-21)26-15-5-6-16-26/h7-14,18-19H,5-6,15-17H2,1-4H3,(H,25,28). The SMILES string of the molecule is CC(C)c1ccc(N(CC(=O)NC(C)c2ccc(N3CCCC3)cc2)S(C)(=O)=O)cc1. The van der Waals surface area contributed by atoms with Crippen LogP contribution in [0.1, 0.15) is 56.7 Å². The zero-order valence-electron chi connectivity index (χ0n) is 18.8. The van der Waals surface area contributed by atoms with Gasteiger partial charge in [-0.1, -0.05) is 38.1 Å². The second kappa shape index (κ2) is 9.73. The summed E-state index contributed by atoms with van der Waals surface area (Å²) in [6.07, 6.45) is 3.58. The molecule has 0 radical (unpaired) electrons. The second-order valence-corrected chi connectivity index (χ2v) is 10.5. The lowest BCUT2D eigenvalue weighted by Crippen LogP contribution is -2.41. The zero-order chi connectivity index (χ0) is 22.6. The molecule has 1 aliphatic rings. The molecular formula is C24H33N3O3S. The Morgan fingerprint density at radius 1 is 0.968 bits per heavy atom. The Morgan fingerprint density at radius 3 is 2.03 bits per heavy atom. The smallest absolute Gasteiger partial charge is 0.241 e. The summed E-state index contributed by atoms with van der Waals surface area (Å²) in [6.45, 7) is 7.99. The average Bonchev–Trinajstić information content (AvgIpc) is 3.26. The number of carbonyl (C=O) groups is 1. The normalized spacial score (nSPS) is 15.2. The van der Waals surface area contributed by atoms with Gasteiger partial charge in [-0.2, -0.15) is 0 Å². The number of hydrogen-bond acceptors (Lipinski definition) is 4. The van der Waals surface area contributed by atoms with Crippen molar-refractivity contribution in [2.24, 2.45) is 0 Å². The quantitative estimate of drug-likeness (QED) is 0.668. The molecule has 7 heteroatoms. The molecular weight excluding hydrogens is 410 g/mol. The molecule has 168 valence electrons. The monoisotopic (exact) mass is 443 g/mol. The molecule has 1 aliphatic heterocycles. The number of rotatable bonds is 8. The van der Waals surface area contributed by atoms with E-state index in [1.807, 2.05) is 31.2 Å². The van der Waals surface area contributed by atoms with E-state index in [9.17, 15) is 13.2 Å². The van der Waals surface area contributed by atoms with Gasteiger partial charge < -0.3 is 10.2 Å². The maximum atomic E-state index is 12.7. The molecule has 1 saturated heterocycles. The first-order valence-electron chi connectivity index (χ1n) is 10.9. The van der Waals surface area contributed by atoms with Gasteiger partial charge in [0.1, 0.15) is 6.54 Å². The molecule has 1 N–H and O–H groups in total. The van der Waals surface area contributed by atoms with Gasteiger partial charge in [-0.3, -0.25) is 9.10 Å². The van der Waals surface area contributed by atoms with Crippen molar-refractivity contribution in [2.75, 3.05) is 35.1 Å². The minimum atomic E-state index is -3.59. The predicted octanol–water partition coefficient (Wildman–Crippen LogP) is 4.05. The summed E-state index contributed by atoms with van der Waals surface area (Å²) >= 11 is 0. The Morgan fingerprint density at radius 2 is 1.52 bits per heavy atom. The van der Waals surface area contributed by atoms with Gasteiger partial charge in [0.05, 0.1) is 18.0 Å². The van der Waals surface area contributed by atoms with Crippen molar-refractivity contribution in [2.45, 2.75) is 45.6 Å². The Bertz CT molecular complexity index is 980. The van der Waals surface area contributed by atoms with Gasteiger partial charge in [0.25, 0.3) is 0 Å². The van der Waals surface area contributed by atoms with Crippen LogP contribution in [0.4, 0.5) is 11.4 Å². The molecule has 0 bridgehead atoms. The first-order valence-corrected chi connectivity index (χ1v) is 12.7. The van der Waals surface area contributed by atoms with Crippen LogP contribution in [0.2, 0.25) is 0 Å². The minimum Gasteiger partial charge on any atom is -0.372 e. The number of benzene rings is 2. The summed E-state index contributed by atoms with van der Waals surface area (Å²) in [6, 6.07) is 15.3. The predicted molar refractivity (Wildman–Crippen MR) is 127 cm³/mol. The van der Waals surface area contributed by atoms with Crippen LogP contribution in [0.5, 0.6) is 0 Å². The van der Waals surface area contributed by atoms with Crippen molar-refractivity contribution in [1.29, 1.82) is 0 Å². The van der Waals surface area contributed by atoms with Crippen molar-refractivity contribution < 1.29 is 13.2 Å². The van der Waals surface area contributed by atoms with E-state index < -0.39 is 10.0 Å². The van der Waals surface area contributed by atoms with Crippen LogP contribution < -0.4 is 14.5 Å². The van der Waals surface area contributed by atoms with E-state index in [1.54, 1.807) is 12.1 Å². The summed E-state index contributed by atoms with van der Waals surface area (Å²) < 4.78 is 25.8. The highest BCUT2D eigenvalue weighted by Crippen LogP contribution is 2.24. The average molecular weight is 444 g/mol. The number of sulfonamides is 1. The number of nitrogens with one attached hydrogen (secondary N) is 1. The Balaban J connectivity index is 1.66. The second-order valence-electron chi connectivity index (χ2n) is 8.59. The number of hydrogen-bond donors (Lipinski definition) is 1. The van der Waals surface area contributed by atoms with E-state index in [2.05, 4.69) is 36.2 Å². The fraction of sp³-hybridized carbons (Fsp3) is 0.458. The molecule has 0 spiro atoms. The summed E-state index contributed by atoms with van der Waals surface area (Å²) in [5.41, 5.74) is 3.80. The number of carbonyl (C=O) groups excluding carboxylic acids is 1. The highest BCUT2D eigenvalue weighted by Gasteiger charge is 2.22. The molecule has 0 saturated carbocycles. The molecule has 0 aliphatic carbocycles. The van der Waals surface area contributed by atoms with Crippen molar-refractivity contribution in [3.63, 3.8) is 0 Å². The molecule has 2 aromatic rings. The van der Waals surface area contributed by atoms with E-state index >= 15 is 0 Å². The Kier molecular flexibility index (Phi) is 7.26. The minimum absolute atomic E-state index is 0.218. The fourth-order valence-corrected chi connectivity index (χ4v) is 4.73. The Hall–Kier alpha value is -2.54. The third kappa shape index (κ3) is 6.00. The van der Waals surface area contributed by atoms with Gasteiger partial charge in [-0.05, 0) is 61.1 Å². The molecule has 1 fully saturated rings. The lowest BCUT2D eigenvalue weighted by Gasteiger charge is -2.24. The summed E-state index contributed by atoms with van der Waals surface area (Å²) in [5.74, 6) is 0.0104. The number of anilines is 2. The van der Waals surface area contributed by atoms with E-state index in [-0.39, 0.29) is 18.5 Å². The van der Waals surface area contributed by atoms with Gasteiger partial charge in [0.2, 0.25) is 15.9 Å².